The summed E-state index contributed by atoms with van der Waals surface area (Å²) >= 11 is 0. The molecular formula is C8H9N3. The highest BCUT2D eigenvalue weighted by molar-refractivity contribution is 5.84. The van der Waals surface area contributed by atoms with E-state index in [0.29, 0.717) is 11.4 Å². The Kier molecular flexibility index (Phi) is 2.01. The summed E-state index contributed by atoms with van der Waals surface area (Å²) in [5, 5.41) is 6.98. The van der Waals surface area contributed by atoms with Crippen LogP contribution in [0.4, 0.5) is 5.82 Å². The Morgan fingerprint density at radius 2 is 2.36 bits per heavy atom. The number of anilines is 1. The highest BCUT2D eigenvalue weighted by Crippen LogP contribution is 2.08. The zero-order valence-corrected chi connectivity index (χ0v) is 6.04. The molecule has 0 saturated heterocycles. The van der Waals surface area contributed by atoms with Gasteiger partial charge in [0.15, 0.2) is 0 Å². The van der Waals surface area contributed by atoms with Gasteiger partial charge >= 0.3 is 0 Å². The summed E-state index contributed by atoms with van der Waals surface area (Å²) in [6.07, 6.45) is 4.46. The van der Waals surface area contributed by atoms with Crippen molar-refractivity contribution in [3.05, 3.63) is 30.0 Å². The minimum Gasteiger partial charge on any atom is -0.383 e. The summed E-state index contributed by atoms with van der Waals surface area (Å²) in [6, 6.07) is 1.77. The van der Waals surface area contributed by atoms with E-state index in [0.717, 1.165) is 5.56 Å². The molecule has 0 spiro atoms. The lowest BCUT2D eigenvalue weighted by Gasteiger charge is -1.98. The highest BCUT2D eigenvalue weighted by atomic mass is 14.8. The fourth-order valence-electron chi connectivity index (χ4n) is 0.737. The van der Waals surface area contributed by atoms with Gasteiger partial charge in [-0.2, -0.15) is 0 Å². The first-order valence-corrected chi connectivity index (χ1v) is 3.16. The van der Waals surface area contributed by atoms with Gasteiger partial charge in [-0.1, -0.05) is 12.7 Å². The number of hydrogen-bond acceptors (Lipinski definition) is 3. The van der Waals surface area contributed by atoms with Crippen LogP contribution in [0.15, 0.2) is 18.8 Å². The van der Waals surface area contributed by atoms with Crippen molar-refractivity contribution in [3.63, 3.8) is 0 Å². The third-order valence-corrected chi connectivity index (χ3v) is 1.36. The first-order chi connectivity index (χ1) is 5.27. The lowest BCUT2D eigenvalue weighted by molar-refractivity contribution is 1.31. The zero-order chi connectivity index (χ0) is 8.27. The highest BCUT2D eigenvalue weighted by Gasteiger charge is 1.95. The Balaban J connectivity index is 3.22. The van der Waals surface area contributed by atoms with Gasteiger partial charge in [-0.3, -0.25) is 0 Å². The molecular weight excluding hydrogens is 138 g/mol. The number of pyridine rings is 1. The largest absolute Gasteiger partial charge is 0.383 e. The molecule has 1 aromatic heterocycles. The van der Waals surface area contributed by atoms with Crippen molar-refractivity contribution in [2.45, 2.75) is 0 Å². The van der Waals surface area contributed by atoms with E-state index in [2.05, 4.69) is 11.6 Å². The van der Waals surface area contributed by atoms with E-state index >= 15 is 0 Å². The van der Waals surface area contributed by atoms with E-state index in [1.54, 1.807) is 18.3 Å². The third kappa shape index (κ3) is 1.43. The monoisotopic (exact) mass is 147 g/mol. The number of hydrogen-bond donors (Lipinski definition) is 2. The average Bonchev–Trinajstić information content (AvgIpc) is 2.05. The predicted molar refractivity (Wildman–Crippen MR) is 46.6 cm³/mol. The van der Waals surface area contributed by atoms with Crippen LogP contribution in [-0.4, -0.2) is 11.2 Å². The molecule has 3 N–H and O–H groups in total. The van der Waals surface area contributed by atoms with Crippen LogP contribution in [0.2, 0.25) is 0 Å². The fourth-order valence-corrected chi connectivity index (χ4v) is 0.737. The Labute approximate surface area is 65.1 Å². The van der Waals surface area contributed by atoms with E-state index < -0.39 is 0 Å². The second kappa shape index (κ2) is 2.96. The molecule has 0 saturated carbocycles. The normalized spacial score (nSPS) is 9.09. The lowest BCUT2D eigenvalue weighted by atomic mass is 10.2. The van der Waals surface area contributed by atoms with E-state index in [4.69, 9.17) is 11.1 Å². The quantitative estimate of drug-likeness (QED) is 0.619. The summed E-state index contributed by atoms with van der Waals surface area (Å²) in [5.41, 5.74) is 6.96. The standard InChI is InChI=1S/C8H9N3/c1-2-6-3-7(4-9)8(10)11-5-6/h2-5,9H,1H2,(H2,10,11). The van der Waals surface area contributed by atoms with Gasteiger partial charge in [0.2, 0.25) is 0 Å². The average molecular weight is 147 g/mol. The van der Waals surface area contributed by atoms with Gasteiger partial charge in [0.25, 0.3) is 0 Å². The fraction of sp³-hybridized carbons (Fsp3) is 0. The summed E-state index contributed by atoms with van der Waals surface area (Å²) in [7, 11) is 0. The van der Waals surface area contributed by atoms with Gasteiger partial charge in [0.1, 0.15) is 5.82 Å². The molecule has 56 valence electrons. The van der Waals surface area contributed by atoms with E-state index in [1.807, 2.05) is 0 Å². The molecule has 11 heavy (non-hydrogen) atoms. The second-order valence-electron chi connectivity index (χ2n) is 2.09. The smallest absolute Gasteiger partial charge is 0.132 e. The lowest BCUT2D eigenvalue weighted by Crippen LogP contribution is -1.96. The maximum atomic E-state index is 6.98. The molecule has 0 aromatic carbocycles. The van der Waals surface area contributed by atoms with Crippen LogP contribution in [0.5, 0.6) is 0 Å². The van der Waals surface area contributed by atoms with Crippen molar-refractivity contribution in [3.8, 4) is 0 Å². The molecule has 0 aliphatic heterocycles. The van der Waals surface area contributed by atoms with Crippen LogP contribution >= 0.6 is 0 Å². The van der Waals surface area contributed by atoms with E-state index in [9.17, 15) is 0 Å². The number of rotatable bonds is 2. The van der Waals surface area contributed by atoms with Crippen molar-refractivity contribution in [2.75, 3.05) is 5.73 Å². The number of aromatic nitrogens is 1. The number of nitrogens with one attached hydrogen (secondary N) is 1. The van der Waals surface area contributed by atoms with Crippen LogP contribution in [-0.2, 0) is 0 Å². The minimum absolute atomic E-state index is 0.380. The molecule has 3 heteroatoms. The Morgan fingerprint density at radius 3 is 2.91 bits per heavy atom. The Hall–Kier alpha value is -1.64. The number of nitrogens with zero attached hydrogens (tertiary/aromatic N) is 1. The summed E-state index contributed by atoms with van der Waals surface area (Å²) < 4.78 is 0. The first-order valence-electron chi connectivity index (χ1n) is 3.16. The van der Waals surface area contributed by atoms with Crippen LogP contribution in [0.25, 0.3) is 6.08 Å². The van der Waals surface area contributed by atoms with Gasteiger partial charge in [-0.25, -0.2) is 4.98 Å². The molecule has 0 atom stereocenters. The van der Waals surface area contributed by atoms with Crippen LogP contribution < -0.4 is 5.73 Å². The van der Waals surface area contributed by atoms with E-state index in [-0.39, 0.29) is 0 Å². The maximum Gasteiger partial charge on any atom is 0.132 e. The molecule has 0 aliphatic carbocycles. The molecule has 1 aromatic rings. The SMILES string of the molecule is C=Cc1cnc(N)c(C=N)c1. The van der Waals surface area contributed by atoms with Gasteiger partial charge in [0, 0.05) is 18.0 Å². The summed E-state index contributed by atoms with van der Waals surface area (Å²) in [4.78, 5) is 3.88. The van der Waals surface area contributed by atoms with Gasteiger partial charge in [-0.15, -0.1) is 0 Å². The topological polar surface area (TPSA) is 62.8 Å². The van der Waals surface area contributed by atoms with E-state index in [1.165, 1.54) is 6.21 Å². The molecule has 1 rings (SSSR count). The van der Waals surface area contributed by atoms with Crippen molar-refractivity contribution in [1.82, 2.24) is 4.98 Å². The molecule has 0 amide bonds. The summed E-state index contributed by atoms with van der Waals surface area (Å²) in [6.45, 7) is 3.58. The van der Waals surface area contributed by atoms with Crippen molar-refractivity contribution >= 4 is 18.1 Å². The van der Waals surface area contributed by atoms with Gasteiger partial charge < -0.3 is 11.1 Å². The molecule has 0 unspecified atom stereocenters. The second-order valence-corrected chi connectivity index (χ2v) is 2.09. The van der Waals surface area contributed by atoms with Crippen molar-refractivity contribution < 1.29 is 0 Å². The van der Waals surface area contributed by atoms with Gasteiger partial charge in [0.05, 0.1) is 0 Å². The maximum absolute atomic E-state index is 6.98. The van der Waals surface area contributed by atoms with Crippen LogP contribution in [0.3, 0.4) is 0 Å². The first kappa shape index (κ1) is 7.47. The third-order valence-electron chi connectivity index (χ3n) is 1.36. The molecule has 3 nitrogen and oxygen atoms in total. The molecule has 0 aliphatic rings. The van der Waals surface area contributed by atoms with Crippen molar-refractivity contribution in [2.24, 2.45) is 0 Å². The molecule has 0 bridgehead atoms. The Bertz CT molecular complexity index is 291. The zero-order valence-electron chi connectivity index (χ0n) is 6.04. The van der Waals surface area contributed by atoms with Crippen molar-refractivity contribution in [1.29, 1.82) is 5.41 Å². The molecule has 1 heterocycles. The Morgan fingerprint density at radius 1 is 1.64 bits per heavy atom. The number of nitrogen functional groups attached to an aromatic ring is 1. The molecule has 0 fully saturated rings. The minimum atomic E-state index is 0.380. The summed E-state index contributed by atoms with van der Waals surface area (Å²) in [5.74, 6) is 0.380. The van der Waals surface area contributed by atoms with Gasteiger partial charge in [-0.05, 0) is 11.6 Å². The van der Waals surface area contributed by atoms with Crippen LogP contribution in [0, 0.1) is 5.41 Å². The van der Waals surface area contributed by atoms with Crippen LogP contribution in [0.1, 0.15) is 11.1 Å². The predicted octanol–water partition coefficient (Wildman–Crippen LogP) is 1.30. The molecule has 0 radical (unpaired) electrons. The number of nitrogens with two attached hydrogens (primary N) is 1.